The number of nitrogens with one attached hydrogen (secondary N) is 2. The third-order valence-corrected chi connectivity index (χ3v) is 4.97. The molecule has 0 fully saturated rings. The molecule has 0 saturated heterocycles. The lowest BCUT2D eigenvalue weighted by Crippen LogP contribution is -2.42. The van der Waals surface area contributed by atoms with Crippen LogP contribution in [0.4, 0.5) is 0 Å². The Bertz CT molecular complexity index is 846. The zero-order valence-corrected chi connectivity index (χ0v) is 15.3. The predicted octanol–water partition coefficient (Wildman–Crippen LogP) is 2.25. The Morgan fingerprint density at radius 3 is 2.32 bits per heavy atom. The number of hydrazine groups is 1. The zero-order valence-electron chi connectivity index (χ0n) is 14.5. The van der Waals surface area contributed by atoms with E-state index in [2.05, 4.69) is 10.3 Å². The van der Waals surface area contributed by atoms with E-state index >= 15 is 0 Å². The van der Waals surface area contributed by atoms with Gasteiger partial charge in [0.15, 0.2) is 0 Å². The highest BCUT2D eigenvalue weighted by atomic mass is 32.2. The molecule has 2 rings (SSSR count). The van der Waals surface area contributed by atoms with Crippen LogP contribution in [0.3, 0.4) is 0 Å². The topological polar surface area (TPSA) is 84.5 Å². The second-order valence-electron chi connectivity index (χ2n) is 5.65. The summed E-state index contributed by atoms with van der Waals surface area (Å²) in [4.78, 5) is 14.1. The second-order valence-corrected chi connectivity index (χ2v) is 7.34. The SMILES string of the molecule is CCOc1ccc(S(=O)(=O)NNC(=O)Cc2ccc(C)c(C)c2)cc1. The molecular formula is C18H22N2O4S. The molecule has 2 aromatic rings. The van der Waals surface area contributed by atoms with Crippen LogP contribution in [0, 0.1) is 13.8 Å². The monoisotopic (exact) mass is 362 g/mol. The minimum absolute atomic E-state index is 0.0439. The molecule has 0 unspecified atom stereocenters. The fraction of sp³-hybridized carbons (Fsp3) is 0.278. The maximum absolute atomic E-state index is 12.2. The first-order valence-corrected chi connectivity index (χ1v) is 9.40. The molecule has 2 N–H and O–H groups in total. The van der Waals surface area contributed by atoms with Crippen LogP contribution in [-0.2, 0) is 21.2 Å². The normalized spacial score (nSPS) is 11.2. The number of hydrogen-bond donors (Lipinski definition) is 2. The Morgan fingerprint density at radius 1 is 1.04 bits per heavy atom. The van der Waals surface area contributed by atoms with Crippen LogP contribution in [0.1, 0.15) is 23.6 Å². The van der Waals surface area contributed by atoms with Gasteiger partial charge in [-0.2, -0.15) is 0 Å². The van der Waals surface area contributed by atoms with E-state index in [0.29, 0.717) is 12.4 Å². The first kappa shape index (κ1) is 19.0. The van der Waals surface area contributed by atoms with Gasteiger partial charge < -0.3 is 4.74 Å². The lowest BCUT2D eigenvalue weighted by molar-refractivity contribution is -0.120. The number of carbonyl (C=O) groups is 1. The van der Waals surface area contributed by atoms with E-state index in [1.807, 2.05) is 39.0 Å². The third kappa shape index (κ3) is 5.30. The summed E-state index contributed by atoms with van der Waals surface area (Å²) in [6, 6.07) is 11.7. The smallest absolute Gasteiger partial charge is 0.257 e. The number of rotatable bonds is 7. The van der Waals surface area contributed by atoms with Crippen LogP contribution in [0.25, 0.3) is 0 Å². The fourth-order valence-electron chi connectivity index (χ4n) is 2.21. The number of ether oxygens (including phenoxy) is 1. The third-order valence-electron chi connectivity index (χ3n) is 3.71. The Kier molecular flexibility index (Phi) is 6.17. The van der Waals surface area contributed by atoms with Gasteiger partial charge in [-0.3, -0.25) is 10.2 Å². The Hall–Kier alpha value is -2.38. The van der Waals surface area contributed by atoms with Gasteiger partial charge in [-0.25, -0.2) is 8.42 Å². The molecule has 0 aliphatic carbocycles. The molecule has 0 heterocycles. The van der Waals surface area contributed by atoms with Gasteiger partial charge in [0.05, 0.1) is 17.9 Å². The average Bonchev–Trinajstić information content (AvgIpc) is 2.57. The van der Waals surface area contributed by atoms with Crippen molar-refractivity contribution in [2.75, 3.05) is 6.61 Å². The zero-order chi connectivity index (χ0) is 18.4. The molecule has 0 aromatic heterocycles. The van der Waals surface area contributed by atoms with Crippen molar-refractivity contribution in [2.24, 2.45) is 0 Å². The van der Waals surface area contributed by atoms with Crippen LogP contribution in [0.15, 0.2) is 47.4 Å². The predicted molar refractivity (Wildman–Crippen MR) is 95.7 cm³/mol. The van der Waals surface area contributed by atoms with E-state index in [1.165, 1.54) is 12.1 Å². The molecule has 0 spiro atoms. The van der Waals surface area contributed by atoms with Crippen LogP contribution in [0.5, 0.6) is 5.75 Å². The molecule has 6 nitrogen and oxygen atoms in total. The molecule has 7 heteroatoms. The first-order chi connectivity index (χ1) is 11.8. The van der Waals surface area contributed by atoms with Gasteiger partial charge in [-0.05, 0) is 61.7 Å². The summed E-state index contributed by atoms with van der Waals surface area (Å²) in [5.74, 6) is 0.151. The van der Waals surface area contributed by atoms with Crippen molar-refractivity contribution in [1.82, 2.24) is 10.3 Å². The number of sulfonamides is 1. The Balaban J connectivity index is 1.96. The number of aryl methyl sites for hydroxylation is 2. The molecule has 0 saturated carbocycles. The summed E-state index contributed by atoms with van der Waals surface area (Å²) >= 11 is 0. The summed E-state index contributed by atoms with van der Waals surface area (Å²) in [7, 11) is -3.83. The van der Waals surface area contributed by atoms with Crippen molar-refractivity contribution in [3.05, 3.63) is 59.2 Å². The minimum atomic E-state index is -3.83. The average molecular weight is 362 g/mol. The van der Waals surface area contributed by atoms with E-state index in [1.54, 1.807) is 12.1 Å². The molecule has 0 aliphatic heterocycles. The van der Waals surface area contributed by atoms with Gasteiger partial charge in [-0.1, -0.05) is 18.2 Å². The summed E-state index contributed by atoms with van der Waals surface area (Å²) in [6.45, 7) is 6.30. The highest BCUT2D eigenvalue weighted by Crippen LogP contribution is 2.15. The van der Waals surface area contributed by atoms with Crippen molar-refractivity contribution in [2.45, 2.75) is 32.1 Å². The summed E-state index contributed by atoms with van der Waals surface area (Å²) < 4.78 is 29.7. The summed E-state index contributed by atoms with van der Waals surface area (Å²) in [5, 5.41) is 0. The van der Waals surface area contributed by atoms with Crippen LogP contribution in [-0.4, -0.2) is 20.9 Å². The number of benzene rings is 2. The molecule has 0 atom stereocenters. The van der Waals surface area contributed by atoms with Gasteiger partial charge in [0.25, 0.3) is 10.0 Å². The lowest BCUT2D eigenvalue weighted by Gasteiger charge is -2.10. The maximum atomic E-state index is 12.2. The van der Waals surface area contributed by atoms with E-state index in [-0.39, 0.29) is 11.3 Å². The van der Waals surface area contributed by atoms with E-state index in [0.717, 1.165) is 16.7 Å². The highest BCUT2D eigenvalue weighted by molar-refractivity contribution is 7.89. The lowest BCUT2D eigenvalue weighted by atomic mass is 10.0. The molecule has 25 heavy (non-hydrogen) atoms. The highest BCUT2D eigenvalue weighted by Gasteiger charge is 2.15. The Labute approximate surface area is 148 Å². The maximum Gasteiger partial charge on any atom is 0.257 e. The molecule has 0 aliphatic rings. The van der Waals surface area contributed by atoms with Crippen molar-refractivity contribution in [3.63, 3.8) is 0 Å². The number of hydrogen-bond acceptors (Lipinski definition) is 4. The standard InChI is InChI=1S/C18H22N2O4S/c1-4-24-16-7-9-17(10-8-16)25(22,23)20-19-18(21)12-15-6-5-13(2)14(3)11-15/h5-11,20H,4,12H2,1-3H3,(H,19,21). The summed E-state index contributed by atoms with van der Waals surface area (Å²) in [5.41, 5.74) is 5.28. The van der Waals surface area contributed by atoms with E-state index < -0.39 is 15.9 Å². The van der Waals surface area contributed by atoms with Crippen molar-refractivity contribution in [3.8, 4) is 5.75 Å². The van der Waals surface area contributed by atoms with Crippen LogP contribution < -0.4 is 15.0 Å². The van der Waals surface area contributed by atoms with Crippen molar-refractivity contribution in [1.29, 1.82) is 0 Å². The molecule has 1 amide bonds. The largest absolute Gasteiger partial charge is 0.494 e. The quantitative estimate of drug-likeness (QED) is 0.740. The van der Waals surface area contributed by atoms with Gasteiger partial charge >= 0.3 is 0 Å². The van der Waals surface area contributed by atoms with Crippen molar-refractivity contribution < 1.29 is 17.9 Å². The summed E-state index contributed by atoms with van der Waals surface area (Å²) in [6.07, 6.45) is 0.0902. The number of amides is 1. The first-order valence-electron chi connectivity index (χ1n) is 7.91. The molecule has 134 valence electrons. The number of carbonyl (C=O) groups excluding carboxylic acids is 1. The molecule has 0 radical (unpaired) electrons. The van der Waals surface area contributed by atoms with Gasteiger partial charge in [0.2, 0.25) is 5.91 Å². The van der Waals surface area contributed by atoms with E-state index in [9.17, 15) is 13.2 Å². The van der Waals surface area contributed by atoms with Crippen molar-refractivity contribution >= 4 is 15.9 Å². The van der Waals surface area contributed by atoms with Gasteiger partial charge in [-0.15, -0.1) is 4.83 Å². The van der Waals surface area contributed by atoms with Crippen LogP contribution >= 0.6 is 0 Å². The van der Waals surface area contributed by atoms with E-state index in [4.69, 9.17) is 4.74 Å². The van der Waals surface area contributed by atoms with Gasteiger partial charge in [0, 0.05) is 0 Å². The fourth-order valence-corrected chi connectivity index (χ4v) is 3.07. The Morgan fingerprint density at radius 2 is 1.72 bits per heavy atom. The minimum Gasteiger partial charge on any atom is -0.494 e. The molecular weight excluding hydrogens is 340 g/mol. The molecule has 2 aromatic carbocycles. The molecule has 0 bridgehead atoms. The van der Waals surface area contributed by atoms with Crippen LogP contribution in [0.2, 0.25) is 0 Å². The van der Waals surface area contributed by atoms with Gasteiger partial charge in [0.1, 0.15) is 5.75 Å². The second kappa shape index (κ2) is 8.13.